The first-order valence-electron chi connectivity index (χ1n) is 6.33. The topological polar surface area (TPSA) is 41.5 Å². The van der Waals surface area contributed by atoms with Crippen molar-refractivity contribution in [3.63, 3.8) is 0 Å². The number of nitrogens with zero attached hydrogens (tertiary/aromatic N) is 1. The van der Waals surface area contributed by atoms with Crippen LogP contribution in [0.1, 0.15) is 21.5 Å². The van der Waals surface area contributed by atoms with Crippen LogP contribution in [-0.2, 0) is 6.18 Å². The lowest BCUT2D eigenvalue weighted by Gasteiger charge is -2.07. The molecule has 0 saturated heterocycles. The van der Waals surface area contributed by atoms with Gasteiger partial charge in [0.2, 0.25) is 0 Å². The standard InChI is InChI=1S/C15H8Cl3F3N2O/c16-11-5-9(13(18)12(17)6-11)7-22-23-14(24)8-1-3-10(4-2-8)15(19,20)21/h1-7H,(H,23,24). The first-order chi connectivity index (χ1) is 11.2. The molecular weight excluding hydrogens is 388 g/mol. The Bertz CT molecular complexity index is 790. The van der Waals surface area contributed by atoms with Crippen molar-refractivity contribution in [3.05, 3.63) is 68.2 Å². The number of carbonyl (C=O) groups is 1. The second-order valence-corrected chi connectivity index (χ2v) is 5.79. The van der Waals surface area contributed by atoms with Crippen LogP contribution in [0.25, 0.3) is 0 Å². The summed E-state index contributed by atoms with van der Waals surface area (Å²) in [6, 6.07) is 6.67. The minimum absolute atomic E-state index is 0.0235. The molecule has 0 saturated carbocycles. The quantitative estimate of drug-likeness (QED) is 0.420. The molecule has 0 atom stereocenters. The molecule has 0 spiro atoms. The van der Waals surface area contributed by atoms with Crippen LogP contribution >= 0.6 is 34.8 Å². The molecule has 0 unspecified atom stereocenters. The van der Waals surface area contributed by atoms with Crippen molar-refractivity contribution in [1.82, 2.24) is 5.43 Å². The predicted octanol–water partition coefficient (Wildman–Crippen LogP) is 5.43. The minimum atomic E-state index is -4.46. The maximum Gasteiger partial charge on any atom is 0.416 e. The van der Waals surface area contributed by atoms with Gasteiger partial charge in [0.1, 0.15) is 0 Å². The van der Waals surface area contributed by atoms with Gasteiger partial charge in [-0.05, 0) is 36.4 Å². The smallest absolute Gasteiger partial charge is 0.267 e. The summed E-state index contributed by atoms with van der Waals surface area (Å²) in [5.74, 6) is -0.677. The Morgan fingerprint density at radius 1 is 1.08 bits per heavy atom. The third kappa shape index (κ3) is 4.63. The number of halogens is 6. The lowest BCUT2D eigenvalue weighted by Crippen LogP contribution is -2.18. The van der Waals surface area contributed by atoms with E-state index in [1.807, 2.05) is 0 Å². The molecule has 3 nitrogen and oxygen atoms in total. The van der Waals surface area contributed by atoms with E-state index in [1.54, 1.807) is 0 Å². The van der Waals surface area contributed by atoms with E-state index in [-0.39, 0.29) is 15.6 Å². The second-order valence-electron chi connectivity index (χ2n) is 4.57. The van der Waals surface area contributed by atoms with Crippen molar-refractivity contribution < 1.29 is 18.0 Å². The summed E-state index contributed by atoms with van der Waals surface area (Å²) in [6.45, 7) is 0. The van der Waals surface area contributed by atoms with Crippen molar-refractivity contribution in [1.29, 1.82) is 0 Å². The van der Waals surface area contributed by atoms with Crippen molar-refractivity contribution in [3.8, 4) is 0 Å². The molecular formula is C15H8Cl3F3N2O. The average molecular weight is 396 g/mol. The van der Waals surface area contributed by atoms with E-state index in [0.29, 0.717) is 10.6 Å². The highest BCUT2D eigenvalue weighted by Gasteiger charge is 2.30. The molecule has 2 aromatic carbocycles. The number of hydrogen-bond donors (Lipinski definition) is 1. The molecule has 2 aromatic rings. The zero-order valence-corrected chi connectivity index (χ0v) is 13.9. The van der Waals surface area contributed by atoms with Gasteiger partial charge >= 0.3 is 6.18 Å². The lowest BCUT2D eigenvalue weighted by molar-refractivity contribution is -0.137. The second kappa shape index (κ2) is 7.42. The van der Waals surface area contributed by atoms with Crippen LogP contribution in [0, 0.1) is 0 Å². The monoisotopic (exact) mass is 394 g/mol. The molecule has 1 amide bonds. The SMILES string of the molecule is O=C(NN=Cc1cc(Cl)cc(Cl)c1Cl)c1ccc(C(F)(F)F)cc1. The molecule has 0 aromatic heterocycles. The number of alkyl halides is 3. The van der Waals surface area contributed by atoms with Gasteiger partial charge in [-0.25, -0.2) is 5.43 Å². The van der Waals surface area contributed by atoms with Crippen molar-refractivity contribution in [2.75, 3.05) is 0 Å². The summed E-state index contributed by atoms with van der Waals surface area (Å²) in [5.41, 5.74) is 1.73. The molecule has 0 heterocycles. The molecule has 0 radical (unpaired) electrons. The molecule has 2 rings (SSSR count). The maximum absolute atomic E-state index is 12.5. The normalized spacial score (nSPS) is 11.8. The number of amides is 1. The Hall–Kier alpha value is -1.76. The summed E-state index contributed by atoms with van der Waals surface area (Å²) < 4.78 is 37.4. The third-order valence-electron chi connectivity index (χ3n) is 2.87. The molecule has 0 aliphatic heterocycles. The predicted molar refractivity (Wildman–Crippen MR) is 88.0 cm³/mol. The van der Waals surface area contributed by atoms with E-state index in [4.69, 9.17) is 34.8 Å². The summed E-state index contributed by atoms with van der Waals surface area (Å²) in [4.78, 5) is 11.8. The summed E-state index contributed by atoms with van der Waals surface area (Å²) in [5, 5.41) is 4.44. The molecule has 1 N–H and O–H groups in total. The number of benzene rings is 2. The minimum Gasteiger partial charge on any atom is -0.267 e. The van der Waals surface area contributed by atoms with Crippen LogP contribution in [0.15, 0.2) is 41.5 Å². The largest absolute Gasteiger partial charge is 0.416 e. The zero-order chi connectivity index (χ0) is 17.9. The maximum atomic E-state index is 12.5. The fourth-order valence-corrected chi connectivity index (χ4v) is 2.37. The number of carbonyl (C=O) groups excluding carboxylic acids is 1. The Morgan fingerprint density at radius 2 is 1.71 bits per heavy atom. The van der Waals surface area contributed by atoms with Crippen molar-refractivity contribution >= 4 is 46.9 Å². The van der Waals surface area contributed by atoms with E-state index in [1.165, 1.54) is 18.3 Å². The Labute approximate surface area is 150 Å². The van der Waals surface area contributed by atoms with Gasteiger partial charge in [0.25, 0.3) is 5.91 Å². The van der Waals surface area contributed by atoms with Crippen molar-refractivity contribution in [2.24, 2.45) is 5.10 Å². The van der Waals surface area contributed by atoms with Gasteiger partial charge < -0.3 is 0 Å². The Kier molecular flexibility index (Phi) is 5.74. The van der Waals surface area contributed by atoms with Crippen LogP contribution < -0.4 is 5.43 Å². The van der Waals surface area contributed by atoms with Gasteiger partial charge in [0.15, 0.2) is 0 Å². The highest BCUT2D eigenvalue weighted by atomic mass is 35.5. The third-order valence-corrected chi connectivity index (χ3v) is 3.90. The van der Waals surface area contributed by atoms with Gasteiger partial charge in [-0.2, -0.15) is 18.3 Å². The van der Waals surface area contributed by atoms with Gasteiger partial charge in [-0.1, -0.05) is 34.8 Å². The van der Waals surface area contributed by atoms with Crippen LogP contribution in [0.4, 0.5) is 13.2 Å². The first-order valence-corrected chi connectivity index (χ1v) is 7.47. The highest BCUT2D eigenvalue weighted by Crippen LogP contribution is 2.29. The number of rotatable bonds is 3. The molecule has 126 valence electrons. The van der Waals surface area contributed by atoms with Crippen LogP contribution in [0.3, 0.4) is 0 Å². The van der Waals surface area contributed by atoms with Gasteiger partial charge in [-0.3, -0.25) is 4.79 Å². The number of nitrogens with one attached hydrogen (secondary N) is 1. The highest BCUT2D eigenvalue weighted by molar-refractivity contribution is 6.44. The van der Waals surface area contributed by atoms with Crippen LogP contribution in [0.2, 0.25) is 15.1 Å². The van der Waals surface area contributed by atoms with Crippen LogP contribution in [0.5, 0.6) is 0 Å². The molecule has 0 bridgehead atoms. The lowest BCUT2D eigenvalue weighted by atomic mass is 10.1. The molecule has 9 heteroatoms. The van der Waals surface area contributed by atoms with E-state index in [9.17, 15) is 18.0 Å². The Morgan fingerprint density at radius 3 is 2.29 bits per heavy atom. The number of hydrogen-bond acceptors (Lipinski definition) is 2. The fourth-order valence-electron chi connectivity index (χ4n) is 1.71. The zero-order valence-electron chi connectivity index (χ0n) is 11.7. The average Bonchev–Trinajstić information content (AvgIpc) is 2.51. The van der Waals surface area contributed by atoms with Gasteiger partial charge in [0, 0.05) is 16.1 Å². The number of hydrazone groups is 1. The first kappa shape index (κ1) is 18.6. The molecule has 0 aliphatic rings. The molecule has 0 fully saturated rings. The van der Waals surface area contributed by atoms with Gasteiger partial charge in [0.05, 0.1) is 21.8 Å². The van der Waals surface area contributed by atoms with Crippen LogP contribution in [-0.4, -0.2) is 12.1 Å². The van der Waals surface area contributed by atoms with Crippen molar-refractivity contribution in [2.45, 2.75) is 6.18 Å². The van der Waals surface area contributed by atoms with E-state index in [0.717, 1.165) is 24.3 Å². The molecule has 24 heavy (non-hydrogen) atoms. The van der Waals surface area contributed by atoms with E-state index >= 15 is 0 Å². The fraction of sp³-hybridized carbons (Fsp3) is 0.0667. The summed E-state index contributed by atoms with van der Waals surface area (Å²) >= 11 is 17.6. The van der Waals surface area contributed by atoms with E-state index in [2.05, 4.69) is 10.5 Å². The van der Waals surface area contributed by atoms with Gasteiger partial charge in [-0.15, -0.1) is 0 Å². The summed E-state index contributed by atoms with van der Waals surface area (Å²) in [7, 11) is 0. The summed E-state index contributed by atoms with van der Waals surface area (Å²) in [6.07, 6.45) is -3.24. The Balaban J connectivity index is 2.08. The van der Waals surface area contributed by atoms with E-state index < -0.39 is 17.6 Å². The molecule has 0 aliphatic carbocycles.